The van der Waals surface area contributed by atoms with Gasteiger partial charge in [-0.1, -0.05) is 0 Å². The van der Waals surface area contributed by atoms with Crippen LogP contribution in [0.3, 0.4) is 0 Å². The van der Waals surface area contributed by atoms with Crippen LogP contribution in [0.5, 0.6) is 11.5 Å². The van der Waals surface area contributed by atoms with Crippen LogP contribution in [-0.4, -0.2) is 70.9 Å². The van der Waals surface area contributed by atoms with Gasteiger partial charge >= 0.3 is 0 Å². The molecule has 1 N–H and O–H groups in total. The number of hydrogen-bond donors (Lipinski definition) is 1. The lowest BCUT2D eigenvalue weighted by Crippen LogP contribution is -2.48. The second-order valence-electron chi connectivity index (χ2n) is 8.83. The fourth-order valence-electron chi connectivity index (χ4n) is 4.85. The summed E-state index contributed by atoms with van der Waals surface area (Å²) in [6.07, 6.45) is 0.740. The number of H-pyrrole nitrogens is 1. The molecule has 1 aliphatic rings. The highest BCUT2D eigenvalue weighted by atomic mass is 16.5. The first-order valence-corrected chi connectivity index (χ1v) is 11.6. The van der Waals surface area contributed by atoms with E-state index in [4.69, 9.17) is 9.47 Å². The number of benzene rings is 1. The average Bonchev–Trinajstić information content (AvgIpc) is 3.11. The number of pyridine rings is 1. The molecule has 4 rings (SSSR count). The van der Waals surface area contributed by atoms with Crippen molar-refractivity contribution in [2.24, 2.45) is 7.05 Å². The van der Waals surface area contributed by atoms with E-state index in [0.717, 1.165) is 59.0 Å². The standard InChI is InChI=1S/C25H33N5O4/c1-16-20(25(32)26-24-23(16)17(2)27-28(24)3)7-9-22(31)30-12-10-29(11-13-30)15-18-14-19(33-4)6-8-21(18)34-5/h6,8,14H,7,9-13,15H2,1-5H3,(H,26,32). The van der Waals surface area contributed by atoms with Gasteiger partial charge in [0.25, 0.3) is 5.56 Å². The molecule has 1 aromatic carbocycles. The Hall–Kier alpha value is -3.33. The van der Waals surface area contributed by atoms with Crippen molar-refractivity contribution in [1.82, 2.24) is 24.6 Å². The average molecular weight is 468 g/mol. The van der Waals surface area contributed by atoms with Crippen LogP contribution in [0.4, 0.5) is 0 Å². The molecule has 34 heavy (non-hydrogen) atoms. The second-order valence-corrected chi connectivity index (χ2v) is 8.83. The zero-order valence-corrected chi connectivity index (χ0v) is 20.6. The Balaban J connectivity index is 1.36. The number of amides is 1. The van der Waals surface area contributed by atoms with E-state index in [-0.39, 0.29) is 11.5 Å². The fourth-order valence-corrected chi connectivity index (χ4v) is 4.85. The van der Waals surface area contributed by atoms with Gasteiger partial charge in [0.1, 0.15) is 17.1 Å². The Morgan fingerprint density at radius 1 is 1.12 bits per heavy atom. The molecule has 0 bridgehead atoms. The highest BCUT2D eigenvalue weighted by Gasteiger charge is 2.23. The molecule has 9 heteroatoms. The lowest BCUT2D eigenvalue weighted by molar-refractivity contribution is -0.133. The van der Waals surface area contributed by atoms with Crippen LogP contribution in [0.2, 0.25) is 0 Å². The van der Waals surface area contributed by atoms with Crippen molar-refractivity contribution in [2.75, 3.05) is 40.4 Å². The Labute approximate surface area is 199 Å². The van der Waals surface area contributed by atoms with E-state index < -0.39 is 0 Å². The van der Waals surface area contributed by atoms with Gasteiger partial charge in [0.05, 0.1) is 19.9 Å². The van der Waals surface area contributed by atoms with Gasteiger partial charge in [0.15, 0.2) is 0 Å². The first-order valence-electron chi connectivity index (χ1n) is 11.6. The first kappa shape index (κ1) is 23.8. The fraction of sp³-hybridized carbons (Fsp3) is 0.480. The number of aromatic nitrogens is 3. The maximum Gasteiger partial charge on any atom is 0.253 e. The minimum absolute atomic E-state index is 0.0837. The van der Waals surface area contributed by atoms with Crippen molar-refractivity contribution in [3.63, 3.8) is 0 Å². The molecule has 3 aromatic rings. The zero-order valence-electron chi connectivity index (χ0n) is 20.6. The number of carbonyl (C=O) groups is 1. The van der Waals surface area contributed by atoms with Crippen molar-refractivity contribution in [3.05, 3.63) is 50.9 Å². The topological polar surface area (TPSA) is 92.7 Å². The van der Waals surface area contributed by atoms with E-state index in [1.54, 1.807) is 18.9 Å². The van der Waals surface area contributed by atoms with Crippen LogP contribution < -0.4 is 15.0 Å². The van der Waals surface area contributed by atoms with Crippen LogP contribution >= 0.6 is 0 Å². The highest BCUT2D eigenvalue weighted by molar-refractivity contribution is 5.83. The number of hydrogen-bond acceptors (Lipinski definition) is 6. The Kier molecular flexibility index (Phi) is 6.92. The predicted octanol–water partition coefficient (Wildman–Crippen LogP) is 2.17. The molecule has 1 fully saturated rings. The highest BCUT2D eigenvalue weighted by Crippen LogP contribution is 2.26. The van der Waals surface area contributed by atoms with Crippen LogP contribution in [0, 0.1) is 13.8 Å². The van der Waals surface area contributed by atoms with Crippen LogP contribution in [0.15, 0.2) is 23.0 Å². The Morgan fingerprint density at radius 3 is 2.53 bits per heavy atom. The summed E-state index contributed by atoms with van der Waals surface area (Å²) in [4.78, 5) is 32.7. The number of ether oxygens (including phenoxy) is 2. The minimum atomic E-state index is -0.141. The summed E-state index contributed by atoms with van der Waals surface area (Å²) in [5, 5.41) is 5.38. The number of methoxy groups -OCH3 is 2. The Morgan fingerprint density at radius 2 is 1.85 bits per heavy atom. The summed E-state index contributed by atoms with van der Waals surface area (Å²) < 4.78 is 12.5. The maximum absolute atomic E-state index is 12.9. The molecule has 0 aliphatic carbocycles. The van der Waals surface area contributed by atoms with Crippen LogP contribution in [0.25, 0.3) is 11.0 Å². The van der Waals surface area contributed by atoms with E-state index in [0.29, 0.717) is 31.5 Å². The smallest absolute Gasteiger partial charge is 0.253 e. The molecule has 182 valence electrons. The van der Waals surface area contributed by atoms with E-state index in [2.05, 4.69) is 15.0 Å². The molecule has 0 atom stereocenters. The summed E-state index contributed by atoms with van der Waals surface area (Å²) >= 11 is 0. The molecule has 1 saturated heterocycles. The van der Waals surface area contributed by atoms with Gasteiger partial charge in [-0.15, -0.1) is 0 Å². The van der Waals surface area contributed by atoms with Crippen molar-refractivity contribution in [2.45, 2.75) is 33.2 Å². The lowest BCUT2D eigenvalue weighted by Gasteiger charge is -2.35. The quantitative estimate of drug-likeness (QED) is 0.573. The number of piperazine rings is 1. The molecule has 0 unspecified atom stereocenters. The third-order valence-corrected chi connectivity index (χ3v) is 6.75. The van der Waals surface area contributed by atoms with E-state index in [1.165, 1.54) is 0 Å². The Bertz CT molecular complexity index is 1250. The summed E-state index contributed by atoms with van der Waals surface area (Å²) in [6.45, 7) is 7.52. The molecule has 3 heterocycles. The minimum Gasteiger partial charge on any atom is -0.497 e. The van der Waals surface area contributed by atoms with Gasteiger partial charge in [-0.2, -0.15) is 5.10 Å². The molecule has 2 aromatic heterocycles. The van der Waals surface area contributed by atoms with Crippen molar-refractivity contribution in [3.8, 4) is 11.5 Å². The molecule has 1 amide bonds. The molecular weight excluding hydrogens is 434 g/mol. The van der Waals surface area contributed by atoms with E-state index >= 15 is 0 Å². The number of aryl methyl sites for hydroxylation is 3. The number of carbonyl (C=O) groups excluding carboxylic acids is 1. The van der Waals surface area contributed by atoms with Crippen molar-refractivity contribution < 1.29 is 14.3 Å². The number of fused-ring (bicyclic) bond motifs is 1. The molecule has 0 radical (unpaired) electrons. The molecule has 0 saturated carbocycles. The SMILES string of the molecule is COc1ccc(OC)c(CN2CCN(C(=O)CCc3c(C)c4c(C)nn(C)c4[nH]c3=O)CC2)c1. The van der Waals surface area contributed by atoms with Gasteiger partial charge in [-0.25, -0.2) is 0 Å². The third kappa shape index (κ3) is 4.65. The molecule has 0 spiro atoms. The van der Waals surface area contributed by atoms with Gasteiger partial charge < -0.3 is 19.4 Å². The largest absolute Gasteiger partial charge is 0.497 e. The van der Waals surface area contributed by atoms with Gasteiger partial charge in [0.2, 0.25) is 5.91 Å². The summed E-state index contributed by atoms with van der Waals surface area (Å²) in [5.74, 6) is 1.72. The first-order chi connectivity index (χ1) is 16.3. The predicted molar refractivity (Wildman–Crippen MR) is 131 cm³/mol. The molecule has 1 aliphatic heterocycles. The third-order valence-electron chi connectivity index (χ3n) is 6.75. The van der Waals surface area contributed by atoms with Gasteiger partial charge in [-0.3, -0.25) is 19.2 Å². The number of aromatic amines is 1. The van der Waals surface area contributed by atoms with Crippen molar-refractivity contribution in [1.29, 1.82) is 0 Å². The van der Waals surface area contributed by atoms with E-state index in [1.807, 2.05) is 44.0 Å². The second kappa shape index (κ2) is 9.89. The zero-order chi connectivity index (χ0) is 24.4. The number of nitrogens with zero attached hydrogens (tertiary/aromatic N) is 4. The monoisotopic (exact) mass is 467 g/mol. The molecular formula is C25H33N5O4. The number of rotatable bonds is 7. The van der Waals surface area contributed by atoms with E-state index in [9.17, 15) is 9.59 Å². The number of nitrogens with one attached hydrogen (secondary N) is 1. The van der Waals surface area contributed by atoms with Gasteiger partial charge in [-0.05, 0) is 44.0 Å². The maximum atomic E-state index is 12.9. The van der Waals surface area contributed by atoms with Crippen LogP contribution in [0.1, 0.15) is 28.8 Å². The van der Waals surface area contributed by atoms with Crippen LogP contribution in [-0.2, 0) is 24.8 Å². The van der Waals surface area contributed by atoms with Crippen molar-refractivity contribution >= 4 is 16.9 Å². The normalized spacial score (nSPS) is 14.6. The summed E-state index contributed by atoms with van der Waals surface area (Å²) in [5.41, 5.74) is 4.10. The van der Waals surface area contributed by atoms with Gasteiger partial charge in [0, 0.05) is 62.7 Å². The lowest BCUT2D eigenvalue weighted by atomic mass is 10.0. The molecule has 9 nitrogen and oxygen atoms in total. The summed E-state index contributed by atoms with van der Waals surface area (Å²) in [6, 6.07) is 5.80. The summed E-state index contributed by atoms with van der Waals surface area (Å²) in [7, 11) is 5.14.